The molecule has 2 aliphatic heterocycles. The molecule has 178 valence electrons. The van der Waals surface area contributed by atoms with Gasteiger partial charge in [-0.3, -0.25) is 0 Å². The molecule has 0 bridgehead atoms. The molecule has 0 aromatic heterocycles. The Morgan fingerprint density at radius 1 is 0.433 bits per heavy atom. The Balaban J connectivity index is 1.18. The van der Waals surface area contributed by atoms with Crippen LogP contribution in [0.5, 0.6) is 0 Å². The molecule has 30 heavy (non-hydrogen) atoms. The molecule has 2 fully saturated rings. The van der Waals surface area contributed by atoms with Gasteiger partial charge in [0.25, 0.3) is 0 Å². The van der Waals surface area contributed by atoms with Crippen LogP contribution in [0.3, 0.4) is 0 Å². The van der Waals surface area contributed by atoms with Gasteiger partial charge < -0.3 is 20.4 Å². The maximum Gasteiger partial charge on any atom is 0.0107 e. The van der Waals surface area contributed by atoms with Crippen LogP contribution in [0.15, 0.2) is 0 Å². The molecule has 4 nitrogen and oxygen atoms in total. The quantitative estimate of drug-likeness (QED) is 0.212. The van der Waals surface area contributed by atoms with E-state index in [0.717, 1.165) is 0 Å². The Bertz CT molecular complexity index is 327. The van der Waals surface area contributed by atoms with Crippen LogP contribution in [-0.4, -0.2) is 86.8 Å². The maximum atomic E-state index is 3.43. The lowest BCUT2D eigenvalue weighted by Crippen LogP contribution is -2.43. The van der Waals surface area contributed by atoms with E-state index in [0.29, 0.717) is 0 Å². The van der Waals surface area contributed by atoms with E-state index in [9.17, 15) is 0 Å². The van der Waals surface area contributed by atoms with Crippen LogP contribution in [0.25, 0.3) is 0 Å². The summed E-state index contributed by atoms with van der Waals surface area (Å²) in [6, 6.07) is 0. The Morgan fingerprint density at radius 2 is 0.767 bits per heavy atom. The lowest BCUT2D eigenvalue weighted by atomic mass is 10.1. The highest BCUT2D eigenvalue weighted by Crippen LogP contribution is 2.24. The summed E-state index contributed by atoms with van der Waals surface area (Å²) >= 11 is 0. The van der Waals surface area contributed by atoms with Gasteiger partial charge in [-0.1, -0.05) is 73.0 Å². The predicted octanol–water partition coefficient (Wildman–Crippen LogP) is 4.86. The van der Waals surface area contributed by atoms with Gasteiger partial charge in [-0.25, -0.2) is 0 Å². The first kappa shape index (κ1) is 26.8. The Morgan fingerprint density at radius 3 is 1.17 bits per heavy atom. The molecule has 2 saturated heterocycles. The summed E-state index contributed by atoms with van der Waals surface area (Å²) in [7, 11) is 4.24. The predicted molar refractivity (Wildman–Crippen MR) is 139 cm³/mol. The highest BCUT2D eigenvalue weighted by atomic mass is 33.1. The first-order chi connectivity index (χ1) is 14.9. The zero-order valence-electron chi connectivity index (χ0n) is 19.7. The van der Waals surface area contributed by atoms with Gasteiger partial charge in [-0.05, 0) is 38.8 Å². The number of hydrogen-bond donors (Lipinski definition) is 2. The second kappa shape index (κ2) is 20.2. The topological polar surface area (TPSA) is 30.5 Å². The number of piperazine rings is 2. The zero-order valence-corrected chi connectivity index (χ0v) is 21.3. The normalized spacial score (nSPS) is 18.8. The molecule has 0 aromatic carbocycles. The molecule has 2 N–H and O–H groups in total. The third-order valence-corrected chi connectivity index (χ3v) is 8.98. The van der Waals surface area contributed by atoms with Crippen LogP contribution in [0.1, 0.15) is 77.0 Å². The number of hydrogen-bond acceptors (Lipinski definition) is 6. The number of nitrogens with one attached hydrogen (secondary N) is 2. The van der Waals surface area contributed by atoms with E-state index in [2.05, 4.69) is 42.0 Å². The van der Waals surface area contributed by atoms with Crippen LogP contribution < -0.4 is 10.6 Å². The van der Waals surface area contributed by atoms with E-state index >= 15 is 0 Å². The zero-order chi connectivity index (χ0) is 21.0. The first-order valence-electron chi connectivity index (χ1n) is 13.1. The van der Waals surface area contributed by atoms with Gasteiger partial charge in [0.15, 0.2) is 0 Å². The van der Waals surface area contributed by atoms with Crippen LogP contribution >= 0.6 is 21.6 Å². The smallest absolute Gasteiger partial charge is 0.0107 e. The van der Waals surface area contributed by atoms with Crippen molar-refractivity contribution in [1.82, 2.24) is 20.4 Å². The third kappa shape index (κ3) is 15.4. The van der Waals surface area contributed by atoms with E-state index in [1.54, 1.807) is 0 Å². The summed E-state index contributed by atoms with van der Waals surface area (Å²) in [6.45, 7) is 12.4. The summed E-state index contributed by atoms with van der Waals surface area (Å²) in [6.07, 6.45) is 17.2. The minimum Gasteiger partial charge on any atom is -0.314 e. The van der Waals surface area contributed by atoms with Gasteiger partial charge in [-0.2, -0.15) is 0 Å². The second-order valence-electron chi connectivity index (χ2n) is 9.07. The van der Waals surface area contributed by atoms with Gasteiger partial charge in [0.1, 0.15) is 0 Å². The molecule has 0 saturated carbocycles. The summed E-state index contributed by atoms with van der Waals surface area (Å²) < 4.78 is 0. The van der Waals surface area contributed by atoms with Gasteiger partial charge >= 0.3 is 0 Å². The molecular formula is C24H50N4S2. The molecule has 2 heterocycles. The van der Waals surface area contributed by atoms with E-state index < -0.39 is 0 Å². The van der Waals surface area contributed by atoms with E-state index in [-0.39, 0.29) is 0 Å². The van der Waals surface area contributed by atoms with Gasteiger partial charge in [-0.15, -0.1) is 0 Å². The van der Waals surface area contributed by atoms with Gasteiger partial charge in [0.2, 0.25) is 0 Å². The molecule has 0 aromatic rings. The summed E-state index contributed by atoms with van der Waals surface area (Å²) in [4.78, 5) is 5.25. The fourth-order valence-corrected chi connectivity index (χ4v) is 6.69. The Kier molecular flexibility index (Phi) is 18.0. The fourth-order valence-electron chi connectivity index (χ4n) is 4.39. The lowest BCUT2D eigenvalue weighted by molar-refractivity contribution is 0.236. The summed E-state index contributed by atoms with van der Waals surface area (Å²) in [5, 5.41) is 6.87. The minimum atomic E-state index is 1.19. The number of rotatable bonds is 19. The Hall–Kier alpha value is 0.540. The average Bonchev–Trinajstić information content (AvgIpc) is 2.79. The Labute approximate surface area is 195 Å². The standard InChI is InChI=1S/C24H50N4S2/c1(5-9-17-27-19-13-25-14-20-27)3-7-11-23-29-30-24-12-8-4-2-6-10-18-28-21-15-26-16-22-28/h25-26H,1-24H2. The van der Waals surface area contributed by atoms with Crippen molar-refractivity contribution in [2.75, 3.05) is 77.0 Å². The number of nitrogens with zero attached hydrogens (tertiary/aromatic N) is 2. The molecule has 0 aliphatic carbocycles. The molecule has 0 spiro atoms. The highest BCUT2D eigenvalue weighted by Gasteiger charge is 2.08. The van der Waals surface area contributed by atoms with Crippen LogP contribution in [-0.2, 0) is 0 Å². The van der Waals surface area contributed by atoms with Crippen molar-refractivity contribution >= 4 is 21.6 Å². The molecule has 0 unspecified atom stereocenters. The van der Waals surface area contributed by atoms with Crippen LogP contribution in [0.4, 0.5) is 0 Å². The molecule has 0 atom stereocenters. The first-order valence-corrected chi connectivity index (χ1v) is 15.5. The molecule has 2 aliphatic rings. The van der Waals surface area contributed by atoms with Crippen molar-refractivity contribution in [3.63, 3.8) is 0 Å². The number of unbranched alkanes of at least 4 members (excludes halogenated alkanes) is 10. The van der Waals surface area contributed by atoms with Crippen molar-refractivity contribution in [3.05, 3.63) is 0 Å². The lowest BCUT2D eigenvalue weighted by Gasteiger charge is -2.27. The molecule has 0 radical (unpaired) electrons. The van der Waals surface area contributed by atoms with E-state index in [1.165, 1.54) is 154 Å². The maximum absolute atomic E-state index is 3.43. The third-order valence-electron chi connectivity index (χ3n) is 6.41. The molecule has 2 rings (SSSR count). The SMILES string of the molecule is C(CCCCN1CCNCC1)CCCSSCCCCCCCCN1CCNCC1. The van der Waals surface area contributed by atoms with E-state index in [4.69, 9.17) is 0 Å². The summed E-state index contributed by atoms with van der Waals surface area (Å²) in [5.41, 5.74) is 0. The van der Waals surface area contributed by atoms with Gasteiger partial charge in [0.05, 0.1) is 0 Å². The molecule has 0 amide bonds. The largest absolute Gasteiger partial charge is 0.314 e. The molecule has 6 heteroatoms. The minimum absolute atomic E-state index is 1.19. The van der Waals surface area contributed by atoms with Gasteiger partial charge in [0, 0.05) is 63.9 Å². The highest BCUT2D eigenvalue weighted by molar-refractivity contribution is 8.76. The fraction of sp³-hybridized carbons (Fsp3) is 1.00. The van der Waals surface area contributed by atoms with Crippen molar-refractivity contribution in [2.45, 2.75) is 77.0 Å². The summed E-state index contributed by atoms with van der Waals surface area (Å²) in [5.74, 6) is 2.72. The van der Waals surface area contributed by atoms with Crippen molar-refractivity contribution in [1.29, 1.82) is 0 Å². The van der Waals surface area contributed by atoms with Crippen molar-refractivity contribution in [2.24, 2.45) is 0 Å². The van der Waals surface area contributed by atoms with Crippen molar-refractivity contribution in [3.8, 4) is 0 Å². The van der Waals surface area contributed by atoms with Crippen LogP contribution in [0, 0.1) is 0 Å². The second-order valence-corrected chi connectivity index (χ2v) is 11.8. The van der Waals surface area contributed by atoms with Crippen molar-refractivity contribution < 1.29 is 0 Å². The molecular weight excluding hydrogens is 408 g/mol. The van der Waals surface area contributed by atoms with E-state index in [1.807, 2.05) is 0 Å². The van der Waals surface area contributed by atoms with Crippen LogP contribution in [0.2, 0.25) is 0 Å². The monoisotopic (exact) mass is 458 g/mol. The average molecular weight is 459 g/mol.